The van der Waals surface area contributed by atoms with Crippen LogP contribution in [-0.2, 0) is 30.2 Å². The van der Waals surface area contributed by atoms with E-state index in [1.165, 1.54) is 12.7 Å². The summed E-state index contributed by atoms with van der Waals surface area (Å²) in [6.45, 7) is 2.05. The Morgan fingerprint density at radius 3 is 2.19 bits per heavy atom. The molecule has 2 rings (SSSR count). The SMILES string of the molecule is C[C@H](Cn1cnc2c(N)ncnc21)OCP(=O)(O)O.O=C(O)CC(O)(CC(=O)O)C(=O)O. The second-order valence-corrected chi connectivity index (χ2v) is 8.16. The molecule has 8 N–H and O–H groups in total. The Kier molecular flexibility index (Phi) is 9.17. The highest BCUT2D eigenvalue weighted by atomic mass is 31.2. The Hall–Kier alpha value is -3.17. The molecule has 2 aromatic heterocycles. The summed E-state index contributed by atoms with van der Waals surface area (Å²) in [5, 5.41) is 33.8. The van der Waals surface area contributed by atoms with Gasteiger partial charge in [0.2, 0.25) is 0 Å². The van der Waals surface area contributed by atoms with E-state index in [9.17, 15) is 18.9 Å². The normalized spacial score (nSPS) is 12.6. The fourth-order valence-corrected chi connectivity index (χ4v) is 2.75. The average molecular weight is 479 g/mol. The molecule has 0 radical (unpaired) electrons. The van der Waals surface area contributed by atoms with E-state index in [0.29, 0.717) is 17.7 Å². The van der Waals surface area contributed by atoms with Crippen molar-refractivity contribution in [2.75, 3.05) is 12.1 Å². The van der Waals surface area contributed by atoms with Crippen molar-refractivity contribution in [2.24, 2.45) is 0 Å². The molecule has 0 aromatic carbocycles. The largest absolute Gasteiger partial charge is 0.481 e. The Labute approximate surface area is 179 Å². The number of nitrogens with zero attached hydrogens (tertiary/aromatic N) is 4. The Morgan fingerprint density at radius 1 is 1.16 bits per heavy atom. The molecular weight excluding hydrogens is 457 g/mol. The number of aliphatic hydroxyl groups is 1. The van der Waals surface area contributed by atoms with Gasteiger partial charge in [-0.1, -0.05) is 0 Å². The van der Waals surface area contributed by atoms with E-state index in [4.69, 9.17) is 40.7 Å². The number of hydrogen-bond donors (Lipinski definition) is 7. The quantitative estimate of drug-likeness (QED) is 0.195. The van der Waals surface area contributed by atoms with Gasteiger partial charge in [0.1, 0.15) is 18.2 Å². The zero-order valence-electron chi connectivity index (χ0n) is 16.6. The van der Waals surface area contributed by atoms with Gasteiger partial charge in [-0.3, -0.25) is 14.2 Å². The second kappa shape index (κ2) is 10.9. The van der Waals surface area contributed by atoms with Crippen LogP contribution in [0.4, 0.5) is 5.82 Å². The number of rotatable bonds is 10. The summed E-state index contributed by atoms with van der Waals surface area (Å²) in [4.78, 5) is 59.9. The van der Waals surface area contributed by atoms with Gasteiger partial charge in [0.05, 0.1) is 31.8 Å². The average Bonchev–Trinajstić information content (AvgIpc) is 3.03. The van der Waals surface area contributed by atoms with E-state index in [1.54, 1.807) is 11.5 Å². The lowest BCUT2D eigenvalue weighted by molar-refractivity contribution is -0.170. The van der Waals surface area contributed by atoms with Crippen LogP contribution in [0.3, 0.4) is 0 Å². The molecule has 2 heterocycles. The maximum atomic E-state index is 10.7. The monoisotopic (exact) mass is 479 g/mol. The first-order chi connectivity index (χ1) is 14.6. The molecule has 0 aliphatic carbocycles. The Morgan fingerprint density at radius 2 is 1.72 bits per heavy atom. The van der Waals surface area contributed by atoms with Gasteiger partial charge in [-0.15, -0.1) is 0 Å². The number of carboxylic acids is 3. The number of anilines is 1. The number of ether oxygens (including phenoxy) is 1. The molecule has 0 bridgehead atoms. The van der Waals surface area contributed by atoms with Crippen molar-refractivity contribution < 1.29 is 53.9 Å². The zero-order chi connectivity index (χ0) is 24.7. The number of carbonyl (C=O) groups is 3. The lowest BCUT2D eigenvalue weighted by atomic mass is 9.96. The van der Waals surface area contributed by atoms with Gasteiger partial charge in [0.25, 0.3) is 0 Å². The zero-order valence-corrected chi connectivity index (χ0v) is 17.5. The van der Waals surface area contributed by atoms with Crippen molar-refractivity contribution in [3.8, 4) is 0 Å². The Bertz CT molecular complexity index is 1000. The van der Waals surface area contributed by atoms with Crippen molar-refractivity contribution in [2.45, 2.75) is 38.0 Å². The topological polar surface area (TPSA) is 269 Å². The number of nitrogen functional groups attached to an aromatic ring is 1. The fraction of sp³-hybridized carbons (Fsp3) is 0.467. The minimum atomic E-state index is -4.16. The van der Waals surface area contributed by atoms with Crippen molar-refractivity contribution in [1.29, 1.82) is 0 Å². The van der Waals surface area contributed by atoms with Crippen LogP contribution >= 0.6 is 7.60 Å². The number of carboxylic acid groups (broad SMARTS) is 3. The van der Waals surface area contributed by atoms with Crippen LogP contribution in [0.25, 0.3) is 11.2 Å². The molecule has 1 atom stereocenters. The van der Waals surface area contributed by atoms with E-state index < -0.39 is 56.4 Å². The van der Waals surface area contributed by atoms with Crippen LogP contribution in [0.5, 0.6) is 0 Å². The van der Waals surface area contributed by atoms with Crippen LogP contribution in [0.2, 0.25) is 0 Å². The van der Waals surface area contributed by atoms with Crippen LogP contribution in [0.15, 0.2) is 12.7 Å². The summed E-state index contributed by atoms with van der Waals surface area (Å²) in [7, 11) is -4.16. The first-order valence-corrected chi connectivity index (χ1v) is 10.4. The third-order valence-electron chi connectivity index (χ3n) is 3.70. The summed E-state index contributed by atoms with van der Waals surface area (Å²) >= 11 is 0. The van der Waals surface area contributed by atoms with E-state index in [2.05, 4.69) is 15.0 Å². The molecule has 178 valence electrons. The molecular formula is C15H22N5O11P. The number of imidazole rings is 1. The molecule has 0 saturated heterocycles. The molecule has 17 heteroatoms. The minimum Gasteiger partial charge on any atom is -0.481 e. The predicted molar refractivity (Wildman–Crippen MR) is 104 cm³/mol. The van der Waals surface area contributed by atoms with Crippen molar-refractivity contribution in [1.82, 2.24) is 19.5 Å². The van der Waals surface area contributed by atoms with Crippen molar-refractivity contribution in [3.05, 3.63) is 12.7 Å². The van der Waals surface area contributed by atoms with E-state index in [-0.39, 0.29) is 5.82 Å². The minimum absolute atomic E-state index is 0.285. The van der Waals surface area contributed by atoms with Crippen LogP contribution < -0.4 is 5.73 Å². The van der Waals surface area contributed by atoms with Crippen LogP contribution in [0, 0.1) is 0 Å². The number of aliphatic carboxylic acids is 3. The third kappa shape index (κ3) is 8.52. The molecule has 0 spiro atoms. The molecule has 0 aliphatic heterocycles. The van der Waals surface area contributed by atoms with Crippen molar-refractivity contribution in [3.63, 3.8) is 0 Å². The van der Waals surface area contributed by atoms with Crippen LogP contribution in [0.1, 0.15) is 19.8 Å². The standard InChI is InChI=1S/C9H14N5O4P.C6H8O7/c1-6(18-5-19(15,16)17)2-14-4-13-7-8(10)11-3-12-9(7)14;7-3(8)1-6(13,5(11)12)2-4(9)10/h3-4,6H,2,5H2,1H3,(H2,10,11,12)(H2,15,16,17);13H,1-2H2,(H,7,8)(H,9,10)(H,11,12)/t6-;/m1./s1. The van der Waals surface area contributed by atoms with Gasteiger partial charge in [-0.05, 0) is 6.92 Å². The first-order valence-electron chi connectivity index (χ1n) is 8.61. The van der Waals surface area contributed by atoms with Gasteiger partial charge in [0, 0.05) is 0 Å². The van der Waals surface area contributed by atoms with E-state index in [0.717, 1.165) is 0 Å². The predicted octanol–water partition coefficient (Wildman–Crippen LogP) is -1.30. The van der Waals surface area contributed by atoms with Crippen LogP contribution in [-0.4, -0.2) is 85.7 Å². The number of fused-ring (bicyclic) bond motifs is 1. The third-order valence-corrected chi connectivity index (χ3v) is 4.18. The summed E-state index contributed by atoms with van der Waals surface area (Å²) in [6.07, 6.45) is -0.438. The molecule has 2 aromatic rings. The fourth-order valence-electron chi connectivity index (χ4n) is 2.30. The molecule has 0 saturated carbocycles. The number of nitrogens with two attached hydrogens (primary N) is 1. The van der Waals surface area contributed by atoms with Crippen molar-refractivity contribution >= 4 is 42.5 Å². The molecule has 0 unspecified atom stereocenters. The van der Waals surface area contributed by atoms with E-state index >= 15 is 0 Å². The van der Waals surface area contributed by atoms with Gasteiger partial charge < -0.3 is 45.3 Å². The molecule has 0 amide bonds. The highest BCUT2D eigenvalue weighted by molar-refractivity contribution is 7.51. The Balaban J connectivity index is 0.000000347. The van der Waals surface area contributed by atoms with E-state index in [1.807, 2.05) is 0 Å². The maximum absolute atomic E-state index is 10.7. The molecule has 32 heavy (non-hydrogen) atoms. The number of hydrogen-bond acceptors (Lipinski definition) is 10. The maximum Gasteiger partial charge on any atom is 0.350 e. The van der Waals surface area contributed by atoms with Gasteiger partial charge in [-0.25, -0.2) is 19.7 Å². The summed E-state index contributed by atoms with van der Waals surface area (Å²) in [5.41, 5.74) is 3.96. The highest BCUT2D eigenvalue weighted by Crippen LogP contribution is 2.34. The van der Waals surface area contributed by atoms with Gasteiger partial charge >= 0.3 is 25.5 Å². The molecule has 0 fully saturated rings. The number of aromatic nitrogens is 4. The highest BCUT2D eigenvalue weighted by Gasteiger charge is 2.40. The molecule has 16 nitrogen and oxygen atoms in total. The van der Waals surface area contributed by atoms with Gasteiger partial charge in [-0.2, -0.15) is 0 Å². The first kappa shape index (κ1) is 26.9. The lowest BCUT2D eigenvalue weighted by Gasteiger charge is -2.18. The second-order valence-electron chi connectivity index (χ2n) is 6.58. The summed E-state index contributed by atoms with van der Waals surface area (Å²) in [5.74, 6) is -4.73. The van der Waals surface area contributed by atoms with Gasteiger partial charge in [0.15, 0.2) is 17.1 Å². The lowest BCUT2D eigenvalue weighted by Crippen LogP contribution is -2.42. The summed E-state index contributed by atoms with van der Waals surface area (Å²) in [6, 6.07) is 0. The molecule has 0 aliphatic rings. The summed E-state index contributed by atoms with van der Waals surface area (Å²) < 4.78 is 17.5. The smallest absolute Gasteiger partial charge is 0.350 e.